The molecule has 396 valence electrons. The lowest BCUT2D eigenvalue weighted by atomic mass is 9.35. The van der Waals surface area contributed by atoms with E-state index >= 15 is 0 Å². The third-order valence-electron chi connectivity index (χ3n) is 16.5. The summed E-state index contributed by atoms with van der Waals surface area (Å²) < 4.78 is 6.63. The normalized spacial score (nSPS) is 13.4. The van der Waals surface area contributed by atoms with Gasteiger partial charge in [-0.25, -0.2) is 4.98 Å². The topological polar surface area (TPSA) is 35.8 Å². The lowest BCUT2D eigenvalue weighted by Gasteiger charge is -2.44. The molecule has 2 aliphatic rings. The van der Waals surface area contributed by atoms with Gasteiger partial charge in [0.25, 0.3) is 6.71 Å². The second-order valence-corrected chi connectivity index (χ2v) is 27.2. The van der Waals surface area contributed by atoms with E-state index in [0.29, 0.717) is 0 Å². The van der Waals surface area contributed by atoms with Gasteiger partial charge in [-0.3, -0.25) is 0 Å². The zero-order chi connectivity index (χ0) is 55.6. The molecule has 2 aromatic heterocycles. The molecule has 0 aliphatic carbocycles. The van der Waals surface area contributed by atoms with Crippen LogP contribution in [0.5, 0.6) is 0 Å². The SMILES string of the molecule is CC(C)(C)c1ccc(-c2ccc(-c3nc4c(s3)N(c3ccc5oc6ccc(C(C)(C)C)cc6c5c3)c3cc(C(C)(C)C)cc5c3B4c3ccc(N(c4ccccc4)c4ccccc4)cc3N5c3ccc(C(C)(C)C)cc3)cc2)cc1. The third-order valence-corrected chi connectivity index (χ3v) is 17.6. The largest absolute Gasteiger partial charge is 0.456 e. The molecular weight excluding hydrogens is 992 g/mol. The van der Waals surface area contributed by atoms with Crippen LogP contribution in [0.1, 0.15) is 105 Å². The molecule has 5 nitrogen and oxygen atoms in total. The average Bonchev–Trinajstić information content (AvgIpc) is 4.17. The minimum atomic E-state index is -0.198. The fourth-order valence-electron chi connectivity index (χ4n) is 11.9. The van der Waals surface area contributed by atoms with Gasteiger partial charge in [0.2, 0.25) is 0 Å². The first-order valence-electron chi connectivity index (χ1n) is 28.3. The lowest BCUT2D eigenvalue weighted by molar-refractivity contribution is 0.590. The van der Waals surface area contributed by atoms with Gasteiger partial charge in [0.05, 0.1) is 5.59 Å². The van der Waals surface area contributed by atoms with Crippen LogP contribution < -0.4 is 31.2 Å². The Labute approximate surface area is 477 Å². The van der Waals surface area contributed by atoms with Crippen LogP contribution in [0.2, 0.25) is 0 Å². The Morgan fingerprint density at radius 2 is 0.900 bits per heavy atom. The first kappa shape index (κ1) is 51.3. The molecule has 0 spiro atoms. The first-order valence-corrected chi connectivity index (χ1v) is 29.1. The van der Waals surface area contributed by atoms with E-state index in [1.54, 1.807) is 11.3 Å². The van der Waals surface area contributed by atoms with Crippen molar-refractivity contribution in [2.45, 2.75) is 105 Å². The van der Waals surface area contributed by atoms with E-state index in [4.69, 9.17) is 9.40 Å². The number of para-hydroxylation sites is 2. The fraction of sp³-hybridized carbons (Fsp3) is 0.219. The van der Waals surface area contributed by atoms with E-state index in [0.717, 1.165) is 88.6 Å². The lowest BCUT2D eigenvalue weighted by Crippen LogP contribution is -2.61. The highest BCUT2D eigenvalue weighted by atomic mass is 32.1. The Bertz CT molecular complexity index is 4110. The van der Waals surface area contributed by atoms with Gasteiger partial charge < -0.3 is 19.1 Å². The first-order chi connectivity index (χ1) is 38.2. The van der Waals surface area contributed by atoms with Gasteiger partial charge in [-0.05, 0) is 157 Å². The summed E-state index contributed by atoms with van der Waals surface area (Å²) in [4.78, 5) is 13.4. The molecule has 2 aliphatic heterocycles. The van der Waals surface area contributed by atoms with Crippen molar-refractivity contribution in [3.05, 3.63) is 222 Å². The number of anilines is 9. The number of hydrogen-bond acceptors (Lipinski definition) is 6. The summed E-state index contributed by atoms with van der Waals surface area (Å²) in [6, 6.07) is 74.5. The van der Waals surface area contributed by atoms with Crippen molar-refractivity contribution >= 4 is 107 Å². The Hall–Kier alpha value is -8.13. The van der Waals surface area contributed by atoms with Crippen LogP contribution in [-0.2, 0) is 21.7 Å². The van der Waals surface area contributed by atoms with E-state index in [9.17, 15) is 0 Å². The predicted molar refractivity (Wildman–Crippen MR) is 344 cm³/mol. The molecule has 13 rings (SSSR count). The van der Waals surface area contributed by atoms with Crippen molar-refractivity contribution in [1.29, 1.82) is 0 Å². The quantitative estimate of drug-likeness (QED) is 0.149. The van der Waals surface area contributed by atoms with Crippen LogP contribution in [0.15, 0.2) is 205 Å². The van der Waals surface area contributed by atoms with Crippen LogP contribution in [0.25, 0.3) is 43.6 Å². The Balaban J connectivity index is 1.07. The van der Waals surface area contributed by atoms with E-state index in [2.05, 4.69) is 298 Å². The highest BCUT2D eigenvalue weighted by Crippen LogP contribution is 2.50. The highest BCUT2D eigenvalue weighted by molar-refractivity contribution is 7.22. The molecule has 0 bridgehead atoms. The summed E-state index contributed by atoms with van der Waals surface area (Å²) >= 11 is 1.79. The summed E-state index contributed by atoms with van der Waals surface area (Å²) in [7, 11) is 0. The predicted octanol–water partition coefficient (Wildman–Crippen LogP) is 19.1. The minimum Gasteiger partial charge on any atom is -0.456 e. The van der Waals surface area contributed by atoms with Crippen molar-refractivity contribution in [2.75, 3.05) is 14.7 Å². The maximum Gasteiger partial charge on any atom is 0.276 e. The maximum atomic E-state index is 6.63. The molecule has 0 saturated heterocycles. The molecule has 0 N–H and O–H groups in total. The van der Waals surface area contributed by atoms with Gasteiger partial charge in [-0.15, -0.1) is 0 Å². The number of aromatic nitrogens is 1. The zero-order valence-electron chi connectivity index (χ0n) is 48.2. The number of rotatable bonds is 7. The van der Waals surface area contributed by atoms with E-state index in [1.807, 2.05) is 0 Å². The molecule has 0 atom stereocenters. The van der Waals surface area contributed by atoms with Crippen molar-refractivity contribution < 1.29 is 4.42 Å². The monoisotopic (exact) mass is 1060 g/mol. The van der Waals surface area contributed by atoms with Gasteiger partial charge in [-0.2, -0.15) is 0 Å². The molecule has 0 amide bonds. The summed E-state index contributed by atoms with van der Waals surface area (Å²) in [5, 5.41) is 4.33. The Morgan fingerprint density at radius 3 is 1.48 bits per heavy atom. The van der Waals surface area contributed by atoms with E-state index in [-0.39, 0.29) is 28.4 Å². The second kappa shape index (κ2) is 18.7. The van der Waals surface area contributed by atoms with Crippen LogP contribution in [-0.4, -0.2) is 11.7 Å². The average molecular weight is 1060 g/mol. The molecule has 0 radical (unpaired) electrons. The number of benzene rings is 9. The Kier molecular flexibility index (Phi) is 12.0. The zero-order valence-corrected chi connectivity index (χ0v) is 49.1. The number of hydrogen-bond donors (Lipinski definition) is 0. The summed E-state index contributed by atoms with van der Waals surface area (Å²) in [5.41, 5.74) is 22.7. The van der Waals surface area contributed by atoms with Gasteiger partial charge in [0.1, 0.15) is 21.2 Å². The van der Waals surface area contributed by atoms with Gasteiger partial charge in [0.15, 0.2) is 0 Å². The molecule has 0 unspecified atom stereocenters. The summed E-state index contributed by atoms with van der Waals surface area (Å²) in [6.07, 6.45) is 0. The molecule has 11 aromatic rings. The highest BCUT2D eigenvalue weighted by Gasteiger charge is 2.47. The maximum absolute atomic E-state index is 6.63. The fourth-order valence-corrected chi connectivity index (χ4v) is 13.0. The van der Waals surface area contributed by atoms with E-state index < -0.39 is 0 Å². The number of nitrogens with zero attached hydrogens (tertiary/aromatic N) is 4. The minimum absolute atomic E-state index is 0.0131. The van der Waals surface area contributed by atoms with Crippen LogP contribution in [0.3, 0.4) is 0 Å². The van der Waals surface area contributed by atoms with Crippen molar-refractivity contribution in [3.63, 3.8) is 0 Å². The van der Waals surface area contributed by atoms with Crippen molar-refractivity contribution in [3.8, 4) is 21.7 Å². The second-order valence-electron chi connectivity index (χ2n) is 26.2. The Morgan fingerprint density at radius 1 is 0.412 bits per heavy atom. The number of thiazole rings is 1. The molecule has 80 heavy (non-hydrogen) atoms. The van der Waals surface area contributed by atoms with Crippen molar-refractivity contribution in [2.24, 2.45) is 0 Å². The van der Waals surface area contributed by atoms with Crippen LogP contribution in [0.4, 0.5) is 50.5 Å². The summed E-state index contributed by atoms with van der Waals surface area (Å²) in [6.45, 7) is 27.4. The standard InChI is InChI=1S/C73H69BN4OS/c1-70(2,3)49-29-27-47(28-30-49)46-23-25-48(26-24-46)68-75-67-69(80-68)78(56-37-40-65-59(44-56)58-41-51(72(7,8)9)33-39-64(58)79-65)63-43-52(73(10,11)12)42-62-66(63)74(67)60-38-36-57(76(53-19-15-13-16-20-53)54-21-17-14-18-22-54)45-61(60)77(62)55-34-31-50(32-35-55)71(4,5)6/h13-45H,1-12H3. The smallest absolute Gasteiger partial charge is 0.276 e. The molecule has 9 aromatic carbocycles. The van der Waals surface area contributed by atoms with Crippen molar-refractivity contribution in [1.82, 2.24) is 4.98 Å². The molecule has 0 saturated carbocycles. The molecular formula is C73H69BN4OS. The number of fused-ring (bicyclic) bond motifs is 7. The van der Waals surface area contributed by atoms with Gasteiger partial charge in [0, 0.05) is 61.8 Å². The van der Waals surface area contributed by atoms with E-state index in [1.165, 1.54) is 44.3 Å². The third kappa shape index (κ3) is 8.91. The summed E-state index contributed by atoms with van der Waals surface area (Å²) in [5.74, 6) is 0. The van der Waals surface area contributed by atoms with Gasteiger partial charge in [-0.1, -0.05) is 204 Å². The van der Waals surface area contributed by atoms with Gasteiger partial charge >= 0.3 is 0 Å². The molecule has 7 heteroatoms. The van der Waals surface area contributed by atoms with Crippen LogP contribution >= 0.6 is 11.3 Å². The molecule has 4 heterocycles. The molecule has 0 fully saturated rings. The number of furan rings is 1. The van der Waals surface area contributed by atoms with Crippen LogP contribution in [0, 0.1) is 0 Å².